The van der Waals surface area contributed by atoms with Gasteiger partial charge >= 0.3 is 0 Å². The van der Waals surface area contributed by atoms with E-state index in [9.17, 15) is 9.90 Å². The maximum absolute atomic E-state index is 12.2. The summed E-state index contributed by atoms with van der Waals surface area (Å²) in [5.74, 6) is 0.928. The molecule has 0 aliphatic rings. The Kier molecular flexibility index (Phi) is 14.3. The molecule has 1 radical (unpaired) electrons. The Morgan fingerprint density at radius 2 is 1.52 bits per heavy atom. The minimum absolute atomic E-state index is 0. The zero-order valence-electron chi connectivity index (χ0n) is 34.1. The summed E-state index contributed by atoms with van der Waals surface area (Å²) in [7, 11) is 0. The summed E-state index contributed by atoms with van der Waals surface area (Å²) < 4.78 is 2.61. The number of aliphatic hydroxyl groups is 1. The van der Waals surface area contributed by atoms with Crippen molar-refractivity contribution in [2.45, 2.75) is 114 Å². The first kappa shape index (κ1) is 43.6. The summed E-state index contributed by atoms with van der Waals surface area (Å²) in [6, 6.07) is 26.0. The van der Waals surface area contributed by atoms with Crippen LogP contribution in [-0.4, -0.2) is 15.9 Å². The molecule has 1 N–H and O–H groups in total. The first-order valence-corrected chi connectivity index (χ1v) is 21.1. The van der Waals surface area contributed by atoms with Gasteiger partial charge in [0.15, 0.2) is 5.78 Å². The maximum Gasteiger partial charge on any atom is 0.164 e. The number of hydrogen-bond donors (Lipinski definition) is 1. The van der Waals surface area contributed by atoms with Crippen LogP contribution in [0.15, 0.2) is 83.3 Å². The largest absolute Gasteiger partial charge is 0.512 e. The van der Waals surface area contributed by atoms with E-state index in [-0.39, 0.29) is 47.9 Å². The third-order valence-corrected chi connectivity index (χ3v) is 13.4. The van der Waals surface area contributed by atoms with Crippen LogP contribution < -0.4 is 0 Å². The number of aliphatic hydroxyl groups excluding tert-OH is 1. The molecule has 0 saturated heterocycles. The number of hydrogen-bond acceptors (Lipinski definition) is 5. The van der Waals surface area contributed by atoms with Crippen molar-refractivity contribution in [2.24, 2.45) is 16.7 Å². The second kappa shape index (κ2) is 17.8. The van der Waals surface area contributed by atoms with E-state index in [4.69, 9.17) is 4.98 Å². The fraction of sp³-hybridized carbons (Fsp3) is 0.417. The molecule has 0 fully saturated rings. The average Bonchev–Trinajstić information content (AvgIpc) is 3.79. The van der Waals surface area contributed by atoms with Crippen molar-refractivity contribution in [3.63, 3.8) is 0 Å². The molecule has 0 spiro atoms. The first-order valence-electron chi connectivity index (χ1n) is 19.4. The zero-order chi connectivity index (χ0) is 38.7. The second-order valence-electron chi connectivity index (χ2n) is 16.6. The molecule has 0 aliphatic heterocycles. The molecular formula is C48H58IrNO2S2-. The van der Waals surface area contributed by atoms with Gasteiger partial charge in [-0.15, -0.1) is 51.8 Å². The summed E-state index contributed by atoms with van der Waals surface area (Å²) in [5.41, 5.74) is 7.83. The Hall–Kier alpha value is -3.15. The van der Waals surface area contributed by atoms with Gasteiger partial charge in [0.1, 0.15) is 5.76 Å². The van der Waals surface area contributed by atoms with E-state index in [0.29, 0.717) is 5.92 Å². The van der Waals surface area contributed by atoms with Gasteiger partial charge in [-0.1, -0.05) is 117 Å². The smallest absolute Gasteiger partial charge is 0.164 e. The van der Waals surface area contributed by atoms with Gasteiger partial charge in [0.2, 0.25) is 0 Å². The summed E-state index contributed by atoms with van der Waals surface area (Å²) in [6.07, 6.45) is 5.87. The molecule has 6 heteroatoms. The summed E-state index contributed by atoms with van der Waals surface area (Å²) in [5, 5.41) is 18.4. The summed E-state index contributed by atoms with van der Waals surface area (Å²) in [4.78, 5) is 17.3. The zero-order valence-corrected chi connectivity index (χ0v) is 38.1. The van der Waals surface area contributed by atoms with Crippen LogP contribution in [0.25, 0.3) is 53.5 Å². The number of benzene rings is 3. The van der Waals surface area contributed by atoms with Crippen molar-refractivity contribution in [1.29, 1.82) is 0 Å². The van der Waals surface area contributed by atoms with Crippen LogP contribution in [0.3, 0.4) is 0 Å². The van der Waals surface area contributed by atoms with Gasteiger partial charge in [0, 0.05) is 47.4 Å². The van der Waals surface area contributed by atoms with Crippen molar-refractivity contribution in [3.05, 3.63) is 100 Å². The molecule has 0 amide bonds. The SMILES string of the molecule is CC(C)Cc1csc2ccc(-c3cc(-c4[c-]c5ccccc5c(C(C)(C)C)c4)nc4ccsc34)cc12.CCC(C)(CC)C(=O)/C=C(\O)C(C)(CC)CC.[Ir]. The molecule has 3 aromatic carbocycles. The number of ketones is 1. The van der Waals surface area contributed by atoms with E-state index in [1.165, 1.54) is 48.5 Å². The van der Waals surface area contributed by atoms with E-state index < -0.39 is 0 Å². The average molecular weight is 937 g/mol. The molecule has 3 nitrogen and oxygen atoms in total. The fourth-order valence-electron chi connectivity index (χ4n) is 6.83. The molecule has 6 aromatic rings. The van der Waals surface area contributed by atoms with Gasteiger partial charge in [0.25, 0.3) is 0 Å². The van der Waals surface area contributed by atoms with Gasteiger partial charge in [-0.25, -0.2) is 0 Å². The van der Waals surface area contributed by atoms with Gasteiger partial charge in [-0.2, -0.15) is 0 Å². The van der Waals surface area contributed by atoms with Crippen molar-refractivity contribution in [1.82, 2.24) is 4.98 Å². The minimum atomic E-state index is -0.337. The van der Waals surface area contributed by atoms with E-state index in [1.54, 1.807) is 11.3 Å². The standard InChI is InChI=1S/C33H30NS2.C15H28O2.Ir/c1-20(2)14-24-19-36-31-11-10-22(16-26(24)31)27-18-30(34-29-12-13-35-32(27)29)23-15-21-8-6-7-9-25(21)28(17-23)33(3,4)5;1-7-14(5,8-2)12(16)11-13(17)15(6,9-3)10-4;/h6-13,16-20H,14H2,1-5H3;11,16H,7-10H2,1-6H3;/q-1;;/b;12-11-;. The number of rotatable bonds is 11. The van der Waals surface area contributed by atoms with Crippen LogP contribution in [0.2, 0.25) is 0 Å². The topological polar surface area (TPSA) is 50.2 Å². The molecule has 289 valence electrons. The second-order valence-corrected chi connectivity index (χ2v) is 18.4. The number of nitrogens with zero attached hydrogens (tertiary/aromatic N) is 1. The van der Waals surface area contributed by atoms with Crippen LogP contribution in [0.1, 0.15) is 113 Å². The van der Waals surface area contributed by atoms with Gasteiger partial charge in [-0.3, -0.25) is 9.78 Å². The van der Waals surface area contributed by atoms with Crippen molar-refractivity contribution < 1.29 is 30.0 Å². The van der Waals surface area contributed by atoms with Gasteiger partial charge in [-0.05, 0) is 94.5 Å². The molecule has 3 aromatic heterocycles. The van der Waals surface area contributed by atoms with E-state index in [1.807, 2.05) is 52.9 Å². The molecular weight excluding hydrogens is 879 g/mol. The van der Waals surface area contributed by atoms with Gasteiger partial charge < -0.3 is 5.11 Å². The number of carbonyl (C=O) groups excluding carboxylic acids is 1. The number of allylic oxidation sites excluding steroid dienone is 2. The van der Waals surface area contributed by atoms with Crippen LogP contribution in [0.5, 0.6) is 0 Å². The van der Waals surface area contributed by atoms with Gasteiger partial charge in [0.05, 0.1) is 10.2 Å². The summed E-state index contributed by atoms with van der Waals surface area (Å²) in [6.45, 7) is 23.5. The normalized spacial score (nSPS) is 12.6. The van der Waals surface area contributed by atoms with Crippen molar-refractivity contribution in [3.8, 4) is 22.4 Å². The Bertz CT molecular complexity index is 2240. The van der Waals surface area contributed by atoms with E-state index in [2.05, 4.69) is 112 Å². The maximum atomic E-state index is 12.2. The number of fused-ring (bicyclic) bond motifs is 3. The van der Waals surface area contributed by atoms with Crippen LogP contribution in [0, 0.1) is 22.8 Å². The van der Waals surface area contributed by atoms with Crippen LogP contribution in [0.4, 0.5) is 0 Å². The molecule has 0 aliphatic carbocycles. The molecule has 0 atom stereocenters. The molecule has 0 saturated carbocycles. The Morgan fingerprint density at radius 1 is 0.852 bits per heavy atom. The minimum Gasteiger partial charge on any atom is -0.512 e. The molecule has 0 unspecified atom stereocenters. The van der Waals surface area contributed by atoms with Crippen LogP contribution in [-0.2, 0) is 36.7 Å². The Balaban J connectivity index is 0.000000309. The third kappa shape index (κ3) is 9.27. The molecule has 6 rings (SSSR count). The van der Waals surface area contributed by atoms with E-state index in [0.717, 1.165) is 54.3 Å². The van der Waals surface area contributed by atoms with Crippen molar-refractivity contribution in [2.75, 3.05) is 0 Å². The Morgan fingerprint density at radius 3 is 2.15 bits per heavy atom. The number of thiophene rings is 2. The predicted molar refractivity (Wildman–Crippen MR) is 233 cm³/mol. The molecule has 0 bridgehead atoms. The number of pyridine rings is 1. The molecule has 3 heterocycles. The first-order chi connectivity index (χ1) is 25.1. The fourth-order valence-corrected chi connectivity index (χ4v) is 8.66. The molecule has 54 heavy (non-hydrogen) atoms. The van der Waals surface area contributed by atoms with Crippen LogP contribution >= 0.6 is 22.7 Å². The third-order valence-electron chi connectivity index (χ3n) is 11.5. The van der Waals surface area contributed by atoms with Crippen molar-refractivity contribution >= 4 is 59.5 Å². The van der Waals surface area contributed by atoms with E-state index >= 15 is 0 Å². The predicted octanol–water partition coefficient (Wildman–Crippen LogP) is 14.9. The monoisotopic (exact) mass is 937 g/mol. The Labute approximate surface area is 345 Å². The number of carbonyl (C=O) groups is 1. The summed E-state index contributed by atoms with van der Waals surface area (Å²) >= 11 is 3.63. The number of aromatic nitrogens is 1. The quantitative estimate of drug-likeness (QED) is 0.0800.